The molecule has 0 saturated heterocycles. The highest BCUT2D eigenvalue weighted by Gasteiger charge is 2.36. The number of halogens is 1. The molecule has 0 heterocycles. The summed E-state index contributed by atoms with van der Waals surface area (Å²) < 4.78 is 13.3. The van der Waals surface area contributed by atoms with Crippen molar-refractivity contribution in [1.82, 2.24) is 0 Å². The lowest BCUT2D eigenvalue weighted by molar-refractivity contribution is 0.369. The Morgan fingerprint density at radius 1 is 1.41 bits per heavy atom. The Morgan fingerprint density at radius 2 is 2.06 bits per heavy atom. The van der Waals surface area contributed by atoms with Gasteiger partial charge in [0.15, 0.2) is 0 Å². The van der Waals surface area contributed by atoms with E-state index >= 15 is 0 Å². The predicted octanol–water partition coefficient (Wildman–Crippen LogP) is 3.19. The SMILES string of the molecule is CC(F)c1ccc(O)c(C2(CN)CCCC2)c1. The molecule has 0 bridgehead atoms. The van der Waals surface area contributed by atoms with Crippen molar-refractivity contribution in [1.29, 1.82) is 0 Å². The molecule has 3 N–H and O–H groups in total. The van der Waals surface area contributed by atoms with Crippen LogP contribution in [0.4, 0.5) is 4.39 Å². The van der Waals surface area contributed by atoms with Gasteiger partial charge >= 0.3 is 0 Å². The van der Waals surface area contributed by atoms with Gasteiger partial charge in [0, 0.05) is 17.5 Å². The van der Waals surface area contributed by atoms with E-state index < -0.39 is 6.17 Å². The minimum absolute atomic E-state index is 0.144. The van der Waals surface area contributed by atoms with Crippen molar-refractivity contribution in [3.05, 3.63) is 29.3 Å². The molecule has 0 aromatic heterocycles. The zero-order chi connectivity index (χ0) is 12.5. The summed E-state index contributed by atoms with van der Waals surface area (Å²) in [7, 11) is 0. The Morgan fingerprint density at radius 3 is 2.59 bits per heavy atom. The Bertz CT molecular complexity index is 397. The summed E-state index contributed by atoms with van der Waals surface area (Å²) in [6, 6.07) is 5.03. The van der Waals surface area contributed by atoms with Crippen molar-refractivity contribution in [2.45, 2.75) is 44.2 Å². The second-order valence-corrected chi connectivity index (χ2v) is 5.08. The molecule has 1 saturated carbocycles. The van der Waals surface area contributed by atoms with Gasteiger partial charge in [-0.2, -0.15) is 0 Å². The number of rotatable bonds is 3. The van der Waals surface area contributed by atoms with Crippen molar-refractivity contribution in [2.24, 2.45) is 5.73 Å². The molecule has 17 heavy (non-hydrogen) atoms. The second kappa shape index (κ2) is 4.65. The van der Waals surface area contributed by atoms with E-state index in [1.54, 1.807) is 18.2 Å². The van der Waals surface area contributed by atoms with Gasteiger partial charge in [-0.3, -0.25) is 0 Å². The summed E-state index contributed by atoms with van der Waals surface area (Å²) in [6.07, 6.45) is 3.23. The molecule has 1 fully saturated rings. The summed E-state index contributed by atoms with van der Waals surface area (Å²) in [5.74, 6) is 0.252. The summed E-state index contributed by atoms with van der Waals surface area (Å²) in [5.41, 5.74) is 7.20. The fourth-order valence-electron chi connectivity index (χ4n) is 2.86. The third-order valence-corrected chi connectivity index (χ3v) is 4.00. The molecule has 1 unspecified atom stereocenters. The molecule has 94 valence electrons. The van der Waals surface area contributed by atoms with Crippen LogP contribution < -0.4 is 5.73 Å². The first-order valence-corrected chi connectivity index (χ1v) is 6.26. The predicted molar refractivity (Wildman–Crippen MR) is 66.8 cm³/mol. The molecule has 1 aliphatic carbocycles. The fraction of sp³-hybridized carbons (Fsp3) is 0.571. The van der Waals surface area contributed by atoms with E-state index in [0.717, 1.165) is 31.2 Å². The lowest BCUT2D eigenvalue weighted by atomic mass is 9.77. The van der Waals surface area contributed by atoms with Crippen molar-refractivity contribution >= 4 is 0 Å². The molecular formula is C14H20FNO. The van der Waals surface area contributed by atoms with Gasteiger partial charge in [0.05, 0.1) is 0 Å². The maximum absolute atomic E-state index is 13.3. The van der Waals surface area contributed by atoms with Crippen molar-refractivity contribution in [3.8, 4) is 5.75 Å². The van der Waals surface area contributed by atoms with Crippen molar-refractivity contribution < 1.29 is 9.50 Å². The first-order valence-electron chi connectivity index (χ1n) is 6.26. The van der Waals surface area contributed by atoms with Crippen LogP contribution >= 0.6 is 0 Å². The Kier molecular flexibility index (Phi) is 3.38. The topological polar surface area (TPSA) is 46.2 Å². The minimum Gasteiger partial charge on any atom is -0.508 e. The summed E-state index contributed by atoms with van der Waals surface area (Å²) >= 11 is 0. The molecule has 2 nitrogen and oxygen atoms in total. The lowest BCUT2D eigenvalue weighted by Gasteiger charge is -2.29. The van der Waals surface area contributed by atoms with E-state index in [-0.39, 0.29) is 11.2 Å². The largest absolute Gasteiger partial charge is 0.508 e. The van der Waals surface area contributed by atoms with Crippen LogP contribution in [0.15, 0.2) is 18.2 Å². The highest BCUT2D eigenvalue weighted by atomic mass is 19.1. The Labute approximate surface area is 102 Å². The van der Waals surface area contributed by atoms with Crippen molar-refractivity contribution in [3.63, 3.8) is 0 Å². The van der Waals surface area contributed by atoms with Crippen LogP contribution in [0.1, 0.15) is 49.9 Å². The number of phenols is 1. The zero-order valence-electron chi connectivity index (χ0n) is 10.2. The summed E-state index contributed by atoms with van der Waals surface area (Å²) in [5, 5.41) is 10.00. The van der Waals surface area contributed by atoms with Crippen LogP contribution in [0.25, 0.3) is 0 Å². The van der Waals surface area contributed by atoms with E-state index in [1.807, 2.05) is 0 Å². The quantitative estimate of drug-likeness (QED) is 0.848. The third kappa shape index (κ3) is 2.16. The number of phenolic OH excluding ortho intramolecular Hbond substituents is 1. The Hall–Kier alpha value is -1.09. The number of nitrogens with two attached hydrogens (primary N) is 1. The molecule has 1 aliphatic rings. The Balaban J connectivity index is 2.45. The number of hydrogen-bond donors (Lipinski definition) is 2. The van der Waals surface area contributed by atoms with Gasteiger partial charge in [0.25, 0.3) is 0 Å². The van der Waals surface area contributed by atoms with Gasteiger partial charge in [-0.15, -0.1) is 0 Å². The maximum Gasteiger partial charge on any atom is 0.122 e. The van der Waals surface area contributed by atoms with E-state index in [0.29, 0.717) is 12.1 Å². The standard InChI is InChI=1S/C14H20FNO/c1-10(15)11-4-5-13(17)12(8-11)14(9-16)6-2-3-7-14/h4-5,8,10,17H,2-3,6-7,9,16H2,1H3. The molecule has 3 heteroatoms. The van der Waals surface area contributed by atoms with Gasteiger partial charge < -0.3 is 10.8 Å². The van der Waals surface area contributed by atoms with Gasteiger partial charge in [-0.05, 0) is 37.5 Å². The normalized spacial score (nSPS) is 20.4. The molecule has 2 rings (SSSR count). The van der Waals surface area contributed by atoms with E-state index in [9.17, 15) is 9.50 Å². The van der Waals surface area contributed by atoms with Crippen molar-refractivity contribution in [2.75, 3.05) is 6.54 Å². The molecule has 1 aromatic rings. The lowest BCUT2D eigenvalue weighted by Crippen LogP contribution is -2.32. The maximum atomic E-state index is 13.3. The fourth-order valence-corrected chi connectivity index (χ4v) is 2.86. The molecule has 1 aromatic carbocycles. The number of alkyl halides is 1. The zero-order valence-corrected chi connectivity index (χ0v) is 10.2. The molecule has 0 spiro atoms. The number of hydrogen-bond acceptors (Lipinski definition) is 2. The number of aromatic hydroxyl groups is 1. The van der Waals surface area contributed by atoms with E-state index in [4.69, 9.17) is 5.73 Å². The van der Waals surface area contributed by atoms with Crippen LogP contribution in [0.3, 0.4) is 0 Å². The smallest absolute Gasteiger partial charge is 0.122 e. The number of benzene rings is 1. The van der Waals surface area contributed by atoms with Gasteiger partial charge in [-0.25, -0.2) is 4.39 Å². The van der Waals surface area contributed by atoms with E-state index in [2.05, 4.69) is 0 Å². The monoisotopic (exact) mass is 237 g/mol. The molecule has 0 radical (unpaired) electrons. The highest BCUT2D eigenvalue weighted by molar-refractivity contribution is 5.43. The third-order valence-electron chi connectivity index (χ3n) is 4.00. The average Bonchev–Trinajstić information content (AvgIpc) is 2.79. The first-order chi connectivity index (χ1) is 8.09. The van der Waals surface area contributed by atoms with Gasteiger partial charge in [0.2, 0.25) is 0 Å². The van der Waals surface area contributed by atoms with Gasteiger partial charge in [-0.1, -0.05) is 18.9 Å². The van der Waals surface area contributed by atoms with Crippen LogP contribution in [-0.2, 0) is 5.41 Å². The molecule has 0 aliphatic heterocycles. The minimum atomic E-state index is -1.01. The van der Waals surface area contributed by atoms with Crippen LogP contribution in [0.5, 0.6) is 5.75 Å². The van der Waals surface area contributed by atoms with Gasteiger partial charge in [0.1, 0.15) is 11.9 Å². The highest BCUT2D eigenvalue weighted by Crippen LogP contribution is 2.44. The molecule has 0 amide bonds. The van der Waals surface area contributed by atoms with E-state index in [1.165, 1.54) is 6.92 Å². The van der Waals surface area contributed by atoms with Crippen LogP contribution in [-0.4, -0.2) is 11.7 Å². The average molecular weight is 237 g/mol. The first kappa shape index (κ1) is 12.4. The van der Waals surface area contributed by atoms with Crippen LogP contribution in [0, 0.1) is 0 Å². The molecule has 1 atom stereocenters. The summed E-state index contributed by atoms with van der Waals surface area (Å²) in [4.78, 5) is 0. The van der Waals surface area contributed by atoms with Crippen LogP contribution in [0.2, 0.25) is 0 Å². The molecular weight excluding hydrogens is 217 g/mol. The second-order valence-electron chi connectivity index (χ2n) is 5.08. The summed E-state index contributed by atoms with van der Waals surface area (Å²) in [6.45, 7) is 2.03.